The van der Waals surface area contributed by atoms with Crippen molar-refractivity contribution in [1.82, 2.24) is 0 Å². The maximum atomic E-state index is 2.32. The fourth-order valence-corrected chi connectivity index (χ4v) is 20.2. The molecule has 41 heavy (non-hydrogen) atoms. The van der Waals surface area contributed by atoms with Crippen LogP contribution in [-0.2, 0) is 0 Å². The first-order chi connectivity index (χ1) is 20.1. The summed E-state index contributed by atoms with van der Waals surface area (Å²) >= 11 is -3.87. The SMILES string of the molecule is Cc1cc[c]([Ge]([c]2ccc(C)cc2)[c]2ccc(C)cc2)cc1.c1cc[c]([Pb]([c]2ccccc2)[c]2ccccc2)cc1. The molecule has 0 saturated heterocycles. The van der Waals surface area contributed by atoms with Crippen LogP contribution in [0.5, 0.6) is 0 Å². The summed E-state index contributed by atoms with van der Waals surface area (Å²) in [6.45, 7) is 6.46. The standard InChI is InChI=1S/C21H21Ge.3C6H5.Pb/c1-16-4-10-19(11-5-16)22(20-12-6-17(2)7-13-20)21-14-8-18(3)9-15-21;3*1-2-4-6-5-3-1;/h4-15H,1-3H3;3*1-5H;. The summed E-state index contributed by atoms with van der Waals surface area (Å²) in [7, 11) is 0. The van der Waals surface area contributed by atoms with Gasteiger partial charge >= 0.3 is 261 Å². The zero-order chi connectivity index (χ0) is 28.4. The van der Waals surface area contributed by atoms with Gasteiger partial charge in [0, 0.05) is 0 Å². The minimum absolute atomic E-state index is 1.33. The summed E-state index contributed by atoms with van der Waals surface area (Å²) in [4.78, 5) is 0. The normalized spacial score (nSPS) is 10.8. The van der Waals surface area contributed by atoms with Gasteiger partial charge in [0.15, 0.2) is 0 Å². The van der Waals surface area contributed by atoms with Gasteiger partial charge in [-0.3, -0.25) is 0 Å². The van der Waals surface area contributed by atoms with Crippen molar-refractivity contribution >= 4 is 59.6 Å². The molecule has 0 fully saturated rings. The second-order valence-corrected chi connectivity index (χ2v) is 25.3. The Morgan fingerprint density at radius 1 is 0.317 bits per heavy atom. The first-order valence-corrected chi connectivity index (χ1v) is 23.2. The summed E-state index contributed by atoms with van der Waals surface area (Å²) in [6.07, 6.45) is 0. The van der Waals surface area contributed by atoms with Crippen molar-refractivity contribution in [2.45, 2.75) is 20.8 Å². The van der Waals surface area contributed by atoms with Crippen LogP contribution in [0.1, 0.15) is 16.7 Å². The van der Waals surface area contributed by atoms with Crippen LogP contribution in [-0.4, -0.2) is 37.1 Å². The van der Waals surface area contributed by atoms with Gasteiger partial charge in [-0.1, -0.05) is 0 Å². The van der Waals surface area contributed by atoms with Crippen molar-refractivity contribution in [3.05, 3.63) is 180 Å². The predicted octanol–water partition coefficient (Wildman–Crippen LogP) is 5.33. The molecule has 0 unspecified atom stereocenters. The van der Waals surface area contributed by atoms with Crippen LogP contribution in [0.15, 0.2) is 164 Å². The molecule has 0 spiro atoms. The van der Waals surface area contributed by atoms with E-state index in [1.807, 2.05) is 0 Å². The predicted molar refractivity (Wildman–Crippen MR) is 182 cm³/mol. The molecule has 2 heteroatoms. The molecule has 0 aliphatic rings. The first kappa shape index (κ1) is 29.3. The van der Waals surface area contributed by atoms with Crippen molar-refractivity contribution in [2.75, 3.05) is 0 Å². The number of hydrogen-bond donors (Lipinski definition) is 0. The molecule has 0 saturated carbocycles. The fraction of sp³-hybridized carbons (Fsp3) is 0.0769. The Morgan fingerprint density at radius 2 is 0.561 bits per heavy atom. The molecular formula is C39H36GePb. The van der Waals surface area contributed by atoms with E-state index in [4.69, 9.17) is 0 Å². The van der Waals surface area contributed by atoms with Gasteiger partial charge in [0.25, 0.3) is 0 Å². The van der Waals surface area contributed by atoms with Crippen LogP contribution in [0.2, 0.25) is 0 Å². The van der Waals surface area contributed by atoms with E-state index >= 15 is 0 Å². The van der Waals surface area contributed by atoms with Crippen LogP contribution >= 0.6 is 0 Å². The molecule has 6 aromatic carbocycles. The van der Waals surface area contributed by atoms with Gasteiger partial charge in [0.1, 0.15) is 0 Å². The second-order valence-electron chi connectivity index (χ2n) is 10.4. The van der Waals surface area contributed by atoms with Gasteiger partial charge in [-0.2, -0.15) is 0 Å². The molecule has 0 atom stereocenters. The monoisotopic (exact) mass is 786 g/mol. The number of benzene rings is 6. The second kappa shape index (κ2) is 14.6. The summed E-state index contributed by atoms with van der Waals surface area (Å²) in [5.41, 5.74) is 3.98. The van der Waals surface area contributed by atoms with Crippen molar-refractivity contribution in [3.63, 3.8) is 0 Å². The van der Waals surface area contributed by atoms with E-state index in [2.05, 4.69) is 185 Å². The van der Waals surface area contributed by atoms with Gasteiger partial charge < -0.3 is 0 Å². The van der Waals surface area contributed by atoms with E-state index in [0.29, 0.717) is 0 Å². The molecule has 0 N–H and O–H groups in total. The van der Waals surface area contributed by atoms with Gasteiger partial charge in [0.05, 0.1) is 0 Å². The molecule has 0 nitrogen and oxygen atoms in total. The molecule has 6 aromatic rings. The maximum absolute atomic E-state index is 2.32. The summed E-state index contributed by atoms with van der Waals surface area (Å²) < 4.78 is 9.18. The van der Waals surface area contributed by atoms with Crippen LogP contribution in [0.25, 0.3) is 0 Å². The Kier molecular flexibility index (Phi) is 10.4. The van der Waals surface area contributed by atoms with Crippen LogP contribution in [0.4, 0.5) is 0 Å². The van der Waals surface area contributed by atoms with Crippen molar-refractivity contribution in [1.29, 1.82) is 0 Å². The average molecular weight is 785 g/mol. The zero-order valence-corrected chi connectivity index (χ0v) is 30.1. The van der Waals surface area contributed by atoms with Crippen molar-refractivity contribution < 1.29 is 0 Å². The van der Waals surface area contributed by atoms with E-state index in [1.54, 1.807) is 9.37 Å². The summed E-state index contributed by atoms with van der Waals surface area (Å²) in [6, 6.07) is 60.4. The Bertz CT molecular complexity index is 1410. The van der Waals surface area contributed by atoms with Crippen LogP contribution < -0.4 is 22.6 Å². The fourth-order valence-electron chi connectivity index (χ4n) is 4.98. The first-order valence-electron chi connectivity index (χ1n) is 14.2. The quantitative estimate of drug-likeness (QED) is 0.201. The molecular weight excluding hydrogens is 748 g/mol. The van der Waals surface area contributed by atoms with Gasteiger partial charge in [-0.25, -0.2) is 0 Å². The Balaban J connectivity index is 0.000000166. The van der Waals surface area contributed by atoms with E-state index in [0.717, 1.165) is 0 Å². The number of hydrogen-bond acceptors (Lipinski definition) is 0. The van der Waals surface area contributed by atoms with Gasteiger partial charge in [0.2, 0.25) is 0 Å². The van der Waals surface area contributed by atoms with Gasteiger partial charge in [-0.15, -0.1) is 0 Å². The summed E-state index contributed by atoms with van der Waals surface area (Å²) in [5.74, 6) is 0. The molecule has 0 bridgehead atoms. The van der Waals surface area contributed by atoms with E-state index in [-0.39, 0.29) is 0 Å². The third-order valence-corrected chi connectivity index (χ3v) is 23.6. The van der Waals surface area contributed by atoms with Crippen molar-refractivity contribution in [3.8, 4) is 0 Å². The van der Waals surface area contributed by atoms with Crippen molar-refractivity contribution in [2.24, 2.45) is 0 Å². The summed E-state index contributed by atoms with van der Waals surface area (Å²) in [5, 5.41) is 0. The number of aryl methyl sites for hydroxylation is 3. The van der Waals surface area contributed by atoms with E-state index < -0.39 is 37.1 Å². The number of rotatable bonds is 6. The molecule has 0 aliphatic heterocycles. The Labute approximate surface area is 259 Å². The third-order valence-electron chi connectivity index (χ3n) is 7.21. The Morgan fingerprint density at radius 3 is 0.805 bits per heavy atom. The minimum atomic E-state index is -2.17. The topological polar surface area (TPSA) is 0 Å². The molecule has 200 valence electrons. The van der Waals surface area contributed by atoms with Crippen LogP contribution in [0.3, 0.4) is 0 Å². The average Bonchev–Trinajstić information content (AvgIpc) is 3.02. The van der Waals surface area contributed by atoms with Crippen LogP contribution in [0, 0.1) is 20.8 Å². The van der Waals surface area contributed by atoms with Gasteiger partial charge in [-0.05, 0) is 0 Å². The zero-order valence-electron chi connectivity index (χ0n) is 24.1. The van der Waals surface area contributed by atoms with E-state index in [9.17, 15) is 0 Å². The third kappa shape index (κ3) is 7.96. The molecule has 2 radical (unpaired) electrons. The molecule has 6 rings (SSSR count). The Hall–Kier alpha value is -3.22. The van der Waals surface area contributed by atoms with E-state index in [1.165, 1.54) is 29.9 Å². The molecule has 0 amide bonds. The molecule has 0 heterocycles. The molecule has 0 aromatic heterocycles. The molecule has 0 aliphatic carbocycles.